The van der Waals surface area contributed by atoms with Gasteiger partial charge in [0.05, 0.1) is 0 Å². The van der Waals surface area contributed by atoms with E-state index in [9.17, 15) is 9.59 Å². The summed E-state index contributed by atoms with van der Waals surface area (Å²) in [5, 5.41) is 17.5. The van der Waals surface area contributed by atoms with Crippen molar-refractivity contribution in [3.63, 3.8) is 0 Å². The maximum absolute atomic E-state index is 11.6. The van der Waals surface area contributed by atoms with Crippen LogP contribution in [0.15, 0.2) is 0 Å². The summed E-state index contributed by atoms with van der Waals surface area (Å²) in [5.74, 6) is -0.283. The van der Waals surface area contributed by atoms with E-state index in [1.54, 1.807) is 11.8 Å². The molecule has 20 heavy (non-hydrogen) atoms. The zero-order valence-corrected chi connectivity index (χ0v) is 12.7. The molecule has 1 rings (SSSR count). The van der Waals surface area contributed by atoms with Crippen LogP contribution in [-0.4, -0.2) is 79.3 Å². The maximum atomic E-state index is 11.6. The second-order valence-corrected chi connectivity index (χ2v) is 5.65. The second-order valence-electron chi connectivity index (χ2n) is 4.66. The van der Waals surface area contributed by atoms with Crippen molar-refractivity contribution < 1.29 is 14.7 Å². The molecule has 1 aliphatic heterocycles. The number of carboxylic acids is 1. The van der Waals surface area contributed by atoms with Gasteiger partial charge in [-0.15, -0.1) is 0 Å². The summed E-state index contributed by atoms with van der Waals surface area (Å²) in [6, 6.07) is -1.23. The van der Waals surface area contributed by atoms with Crippen LogP contribution in [0.3, 0.4) is 0 Å². The van der Waals surface area contributed by atoms with Crippen molar-refractivity contribution >= 4 is 23.8 Å². The van der Waals surface area contributed by atoms with E-state index in [0.29, 0.717) is 18.7 Å². The maximum Gasteiger partial charge on any atom is 0.326 e. The van der Waals surface area contributed by atoms with Gasteiger partial charge in [-0.1, -0.05) is 0 Å². The summed E-state index contributed by atoms with van der Waals surface area (Å²) in [6.07, 6.45) is 2.34. The van der Waals surface area contributed by atoms with Gasteiger partial charge in [0.25, 0.3) is 0 Å². The van der Waals surface area contributed by atoms with Crippen molar-refractivity contribution in [3.8, 4) is 0 Å². The Balaban J connectivity index is 2.18. The molecule has 0 radical (unpaired) electrons. The number of carboxylic acid groups (broad SMARTS) is 1. The Morgan fingerprint density at radius 3 is 2.70 bits per heavy atom. The number of hydrogen-bond acceptors (Lipinski definition) is 5. The highest BCUT2D eigenvalue weighted by molar-refractivity contribution is 7.98. The minimum atomic E-state index is -0.990. The highest BCUT2D eigenvalue weighted by Crippen LogP contribution is 2.00. The number of urea groups is 1. The largest absolute Gasteiger partial charge is 0.480 e. The Kier molecular flexibility index (Phi) is 8.40. The second kappa shape index (κ2) is 9.84. The van der Waals surface area contributed by atoms with Crippen LogP contribution < -0.4 is 16.0 Å². The van der Waals surface area contributed by atoms with E-state index in [0.717, 1.165) is 32.7 Å². The first-order chi connectivity index (χ1) is 9.63. The average Bonchev–Trinajstić information content (AvgIpc) is 2.44. The van der Waals surface area contributed by atoms with Gasteiger partial charge in [0.1, 0.15) is 6.04 Å². The fourth-order valence-corrected chi connectivity index (χ4v) is 2.44. The smallest absolute Gasteiger partial charge is 0.326 e. The van der Waals surface area contributed by atoms with Crippen LogP contribution in [0.5, 0.6) is 0 Å². The number of carbonyl (C=O) groups is 2. The molecule has 1 fully saturated rings. The van der Waals surface area contributed by atoms with Crippen molar-refractivity contribution in [2.45, 2.75) is 12.5 Å². The van der Waals surface area contributed by atoms with Gasteiger partial charge in [0.15, 0.2) is 0 Å². The lowest BCUT2D eigenvalue weighted by molar-refractivity contribution is -0.139. The summed E-state index contributed by atoms with van der Waals surface area (Å²) in [7, 11) is 0. The molecule has 8 heteroatoms. The number of hydrogen-bond donors (Lipinski definition) is 4. The SMILES string of the molecule is CSCC[C@@H](NC(=O)NCCN1CCNCC1)C(=O)O. The van der Waals surface area contributed by atoms with Crippen molar-refractivity contribution in [2.24, 2.45) is 0 Å². The zero-order valence-electron chi connectivity index (χ0n) is 11.9. The molecule has 116 valence electrons. The molecular formula is C12H24N4O3S. The lowest BCUT2D eigenvalue weighted by Crippen LogP contribution is -2.49. The number of piperazine rings is 1. The monoisotopic (exact) mass is 304 g/mol. The first kappa shape index (κ1) is 17.1. The molecule has 0 aromatic carbocycles. The third-order valence-electron chi connectivity index (χ3n) is 3.14. The molecule has 0 aromatic rings. The van der Waals surface area contributed by atoms with Gasteiger partial charge in [-0.3, -0.25) is 4.90 Å². The molecule has 0 aromatic heterocycles. The molecule has 1 saturated heterocycles. The molecule has 1 atom stereocenters. The molecule has 1 aliphatic rings. The number of carbonyl (C=O) groups excluding carboxylic acids is 1. The molecule has 1 heterocycles. The lowest BCUT2D eigenvalue weighted by Gasteiger charge is -2.27. The van der Waals surface area contributed by atoms with E-state index < -0.39 is 18.0 Å². The van der Waals surface area contributed by atoms with Gasteiger partial charge in [0.2, 0.25) is 0 Å². The number of aliphatic carboxylic acids is 1. The lowest BCUT2D eigenvalue weighted by atomic mass is 10.2. The summed E-state index contributed by atoms with van der Waals surface area (Å²) in [6.45, 7) is 5.23. The van der Waals surface area contributed by atoms with Gasteiger partial charge in [-0.2, -0.15) is 11.8 Å². The normalized spacial score (nSPS) is 17.4. The van der Waals surface area contributed by atoms with Crippen LogP contribution in [0.25, 0.3) is 0 Å². The predicted molar refractivity (Wildman–Crippen MR) is 80.3 cm³/mol. The van der Waals surface area contributed by atoms with Gasteiger partial charge < -0.3 is 21.1 Å². The molecule has 2 amide bonds. The van der Waals surface area contributed by atoms with E-state index in [-0.39, 0.29) is 0 Å². The quantitative estimate of drug-likeness (QED) is 0.478. The van der Waals surface area contributed by atoms with Crippen molar-refractivity contribution in [1.29, 1.82) is 0 Å². The van der Waals surface area contributed by atoms with Gasteiger partial charge >= 0.3 is 12.0 Å². The molecule has 0 unspecified atom stereocenters. The highest BCUT2D eigenvalue weighted by atomic mass is 32.2. The number of nitrogens with one attached hydrogen (secondary N) is 3. The summed E-state index contributed by atoms with van der Waals surface area (Å²) in [4.78, 5) is 24.9. The first-order valence-electron chi connectivity index (χ1n) is 6.82. The topological polar surface area (TPSA) is 93.7 Å². The van der Waals surface area contributed by atoms with Crippen LogP contribution in [0, 0.1) is 0 Å². The average molecular weight is 304 g/mol. The standard InChI is InChI=1S/C12H24N4O3S/c1-20-9-2-10(11(17)18)15-12(19)14-5-8-16-6-3-13-4-7-16/h10,13H,2-9H2,1H3,(H,17,18)(H2,14,15,19)/t10-/m1/s1. The third-order valence-corrected chi connectivity index (χ3v) is 3.78. The summed E-state index contributed by atoms with van der Waals surface area (Å²) >= 11 is 1.56. The fraction of sp³-hybridized carbons (Fsp3) is 0.833. The molecule has 7 nitrogen and oxygen atoms in total. The first-order valence-corrected chi connectivity index (χ1v) is 8.22. The van der Waals surface area contributed by atoms with Crippen molar-refractivity contribution in [2.75, 3.05) is 51.3 Å². The molecule has 0 bridgehead atoms. The minimum absolute atomic E-state index is 0.409. The van der Waals surface area contributed by atoms with E-state index in [1.807, 2.05) is 6.26 Å². The Morgan fingerprint density at radius 1 is 1.40 bits per heavy atom. The third kappa shape index (κ3) is 6.97. The van der Waals surface area contributed by atoms with Crippen molar-refractivity contribution in [3.05, 3.63) is 0 Å². The van der Waals surface area contributed by atoms with E-state index in [1.165, 1.54) is 0 Å². The van der Waals surface area contributed by atoms with Crippen LogP contribution >= 0.6 is 11.8 Å². The van der Waals surface area contributed by atoms with Crippen LogP contribution in [0.1, 0.15) is 6.42 Å². The predicted octanol–water partition coefficient (Wildman–Crippen LogP) is -0.603. The Hall–Kier alpha value is -0.990. The van der Waals surface area contributed by atoms with Crippen LogP contribution in [0.2, 0.25) is 0 Å². The zero-order chi connectivity index (χ0) is 14.8. The summed E-state index contributed by atoms with van der Waals surface area (Å²) < 4.78 is 0. The fourth-order valence-electron chi connectivity index (χ4n) is 1.96. The van der Waals surface area contributed by atoms with Crippen LogP contribution in [0.4, 0.5) is 4.79 Å². The van der Waals surface area contributed by atoms with Gasteiger partial charge in [-0.25, -0.2) is 9.59 Å². The molecule has 0 saturated carbocycles. The van der Waals surface area contributed by atoms with E-state index in [4.69, 9.17) is 5.11 Å². The Bertz CT molecular complexity index is 311. The number of amides is 2. The minimum Gasteiger partial charge on any atom is -0.480 e. The van der Waals surface area contributed by atoms with Gasteiger partial charge in [-0.05, 0) is 18.4 Å². The summed E-state index contributed by atoms with van der Waals surface area (Å²) in [5.41, 5.74) is 0. The molecular weight excluding hydrogens is 280 g/mol. The Morgan fingerprint density at radius 2 is 2.10 bits per heavy atom. The number of thioether (sulfide) groups is 1. The molecule has 0 aliphatic carbocycles. The van der Waals surface area contributed by atoms with E-state index >= 15 is 0 Å². The number of nitrogens with zero attached hydrogens (tertiary/aromatic N) is 1. The molecule has 0 spiro atoms. The van der Waals surface area contributed by atoms with Crippen LogP contribution in [-0.2, 0) is 4.79 Å². The van der Waals surface area contributed by atoms with E-state index in [2.05, 4.69) is 20.9 Å². The van der Waals surface area contributed by atoms with Crippen molar-refractivity contribution in [1.82, 2.24) is 20.9 Å². The highest BCUT2D eigenvalue weighted by Gasteiger charge is 2.19. The Labute approximate surface area is 123 Å². The van der Waals surface area contributed by atoms with Gasteiger partial charge in [0, 0.05) is 39.3 Å². The molecule has 4 N–H and O–H groups in total. The number of rotatable bonds is 8.